The largest absolute Gasteiger partial charge is 0.496 e. The Bertz CT molecular complexity index is 555. The van der Waals surface area contributed by atoms with Gasteiger partial charge in [0, 0.05) is 28.9 Å². The maximum atomic E-state index is 6.46. The fraction of sp³-hybridized carbons (Fsp3) is 0.267. The molecule has 100 valence electrons. The molecule has 0 fully saturated rings. The SMILES string of the molecule is COc1ccc(Cl)cc1C(Cl)Cc1ccc(C)cn1. The Hall–Kier alpha value is -1.25. The Morgan fingerprint density at radius 3 is 2.68 bits per heavy atom. The van der Waals surface area contributed by atoms with E-state index in [0.29, 0.717) is 11.4 Å². The van der Waals surface area contributed by atoms with Crippen molar-refractivity contribution in [1.82, 2.24) is 4.98 Å². The zero-order valence-corrected chi connectivity index (χ0v) is 12.4. The van der Waals surface area contributed by atoms with Gasteiger partial charge in [-0.25, -0.2) is 0 Å². The summed E-state index contributed by atoms with van der Waals surface area (Å²) in [6.45, 7) is 2.01. The van der Waals surface area contributed by atoms with Crippen molar-refractivity contribution in [2.45, 2.75) is 18.7 Å². The van der Waals surface area contributed by atoms with E-state index in [1.165, 1.54) is 0 Å². The lowest BCUT2D eigenvalue weighted by Gasteiger charge is -2.14. The van der Waals surface area contributed by atoms with Gasteiger partial charge in [0.15, 0.2) is 0 Å². The Morgan fingerprint density at radius 1 is 1.26 bits per heavy atom. The van der Waals surface area contributed by atoms with Crippen LogP contribution >= 0.6 is 23.2 Å². The Labute approximate surface area is 123 Å². The minimum atomic E-state index is -0.219. The van der Waals surface area contributed by atoms with E-state index < -0.39 is 0 Å². The number of hydrogen-bond donors (Lipinski definition) is 0. The highest BCUT2D eigenvalue weighted by molar-refractivity contribution is 6.31. The lowest BCUT2D eigenvalue weighted by molar-refractivity contribution is 0.409. The lowest BCUT2D eigenvalue weighted by Crippen LogP contribution is -2.01. The van der Waals surface area contributed by atoms with E-state index in [1.54, 1.807) is 13.2 Å². The fourth-order valence-corrected chi connectivity index (χ4v) is 2.37. The second-order valence-electron chi connectivity index (χ2n) is 4.38. The van der Waals surface area contributed by atoms with Crippen LogP contribution in [0.25, 0.3) is 0 Å². The highest BCUT2D eigenvalue weighted by Gasteiger charge is 2.15. The van der Waals surface area contributed by atoms with Gasteiger partial charge in [-0.15, -0.1) is 11.6 Å². The number of hydrogen-bond acceptors (Lipinski definition) is 2. The van der Waals surface area contributed by atoms with Gasteiger partial charge in [0.25, 0.3) is 0 Å². The number of nitrogens with zero attached hydrogens (tertiary/aromatic N) is 1. The zero-order valence-electron chi connectivity index (χ0n) is 10.9. The van der Waals surface area contributed by atoms with E-state index in [9.17, 15) is 0 Å². The van der Waals surface area contributed by atoms with Crippen LogP contribution in [0.4, 0.5) is 0 Å². The van der Waals surface area contributed by atoms with Crippen LogP contribution in [0.2, 0.25) is 5.02 Å². The second kappa shape index (κ2) is 6.27. The van der Waals surface area contributed by atoms with E-state index in [1.807, 2.05) is 37.4 Å². The number of aryl methyl sites for hydroxylation is 1. The Morgan fingerprint density at radius 2 is 2.05 bits per heavy atom. The summed E-state index contributed by atoms with van der Waals surface area (Å²) in [5.41, 5.74) is 2.97. The van der Waals surface area contributed by atoms with Gasteiger partial charge in [-0.2, -0.15) is 0 Å². The fourth-order valence-electron chi connectivity index (χ4n) is 1.86. The first-order valence-electron chi connectivity index (χ1n) is 5.99. The van der Waals surface area contributed by atoms with Crippen LogP contribution in [0.3, 0.4) is 0 Å². The summed E-state index contributed by atoms with van der Waals surface area (Å²) < 4.78 is 5.31. The maximum absolute atomic E-state index is 6.46. The van der Waals surface area contributed by atoms with Gasteiger partial charge in [-0.3, -0.25) is 4.98 Å². The molecule has 2 rings (SSSR count). The van der Waals surface area contributed by atoms with E-state index in [0.717, 1.165) is 22.6 Å². The van der Waals surface area contributed by atoms with Crippen molar-refractivity contribution in [1.29, 1.82) is 0 Å². The summed E-state index contributed by atoms with van der Waals surface area (Å²) in [4.78, 5) is 4.36. The molecule has 2 aromatic rings. The zero-order chi connectivity index (χ0) is 13.8. The summed E-state index contributed by atoms with van der Waals surface area (Å²) in [7, 11) is 1.63. The van der Waals surface area contributed by atoms with Crippen molar-refractivity contribution in [2.24, 2.45) is 0 Å². The molecular formula is C15H15Cl2NO. The molecule has 0 N–H and O–H groups in total. The lowest BCUT2D eigenvalue weighted by atomic mass is 10.1. The molecule has 0 spiro atoms. The Balaban J connectivity index is 2.21. The number of halogens is 2. The van der Waals surface area contributed by atoms with Gasteiger partial charge in [0.05, 0.1) is 12.5 Å². The van der Waals surface area contributed by atoms with E-state index in [2.05, 4.69) is 4.98 Å². The minimum Gasteiger partial charge on any atom is -0.496 e. The predicted octanol–water partition coefficient (Wildman–Crippen LogP) is 4.57. The minimum absolute atomic E-state index is 0.219. The third-order valence-corrected chi connectivity index (χ3v) is 3.51. The van der Waals surface area contributed by atoms with Crippen LogP contribution in [0, 0.1) is 6.92 Å². The standard InChI is InChI=1S/C15H15Cl2NO/c1-10-3-5-12(18-9-10)8-14(17)13-7-11(16)4-6-15(13)19-2/h3-7,9,14H,8H2,1-2H3. The van der Waals surface area contributed by atoms with E-state index in [4.69, 9.17) is 27.9 Å². The van der Waals surface area contributed by atoms with E-state index in [-0.39, 0.29) is 5.38 Å². The number of aromatic nitrogens is 1. The smallest absolute Gasteiger partial charge is 0.123 e. The first kappa shape index (κ1) is 14.2. The topological polar surface area (TPSA) is 22.1 Å². The number of benzene rings is 1. The molecule has 0 saturated heterocycles. The molecular weight excluding hydrogens is 281 g/mol. The third-order valence-electron chi connectivity index (χ3n) is 2.89. The number of pyridine rings is 1. The number of methoxy groups -OCH3 is 1. The highest BCUT2D eigenvalue weighted by atomic mass is 35.5. The van der Waals surface area contributed by atoms with Crippen LogP contribution < -0.4 is 4.74 Å². The van der Waals surface area contributed by atoms with Gasteiger partial charge in [0.1, 0.15) is 5.75 Å². The van der Waals surface area contributed by atoms with Gasteiger partial charge < -0.3 is 4.74 Å². The quantitative estimate of drug-likeness (QED) is 0.771. The van der Waals surface area contributed by atoms with Crippen molar-refractivity contribution in [3.63, 3.8) is 0 Å². The highest BCUT2D eigenvalue weighted by Crippen LogP contribution is 2.34. The summed E-state index contributed by atoms with van der Waals surface area (Å²) in [6, 6.07) is 9.47. The van der Waals surface area contributed by atoms with Crippen molar-refractivity contribution in [2.75, 3.05) is 7.11 Å². The number of ether oxygens (including phenoxy) is 1. The number of alkyl halides is 1. The molecule has 1 heterocycles. The molecule has 0 radical (unpaired) electrons. The average molecular weight is 296 g/mol. The molecule has 4 heteroatoms. The molecule has 0 aliphatic rings. The monoisotopic (exact) mass is 295 g/mol. The summed E-state index contributed by atoms with van der Waals surface area (Å²) in [5, 5.41) is 0.433. The van der Waals surface area contributed by atoms with Crippen molar-refractivity contribution in [3.8, 4) is 5.75 Å². The van der Waals surface area contributed by atoms with Gasteiger partial charge in [0.2, 0.25) is 0 Å². The van der Waals surface area contributed by atoms with E-state index >= 15 is 0 Å². The third kappa shape index (κ3) is 3.62. The van der Waals surface area contributed by atoms with Crippen LogP contribution in [0.1, 0.15) is 22.2 Å². The molecule has 0 aliphatic carbocycles. The van der Waals surface area contributed by atoms with Crippen molar-refractivity contribution >= 4 is 23.2 Å². The molecule has 0 saturated carbocycles. The normalized spacial score (nSPS) is 12.2. The molecule has 1 aromatic carbocycles. The van der Waals surface area contributed by atoms with Crippen LogP contribution in [-0.4, -0.2) is 12.1 Å². The van der Waals surface area contributed by atoms with Gasteiger partial charge in [-0.05, 0) is 36.8 Å². The molecule has 2 nitrogen and oxygen atoms in total. The van der Waals surface area contributed by atoms with Crippen molar-refractivity contribution in [3.05, 3.63) is 58.4 Å². The molecule has 0 amide bonds. The van der Waals surface area contributed by atoms with Crippen LogP contribution in [0.5, 0.6) is 5.75 Å². The van der Waals surface area contributed by atoms with Crippen LogP contribution in [-0.2, 0) is 6.42 Å². The molecule has 1 aromatic heterocycles. The maximum Gasteiger partial charge on any atom is 0.123 e. The molecule has 0 aliphatic heterocycles. The van der Waals surface area contributed by atoms with Gasteiger partial charge >= 0.3 is 0 Å². The molecule has 1 unspecified atom stereocenters. The average Bonchev–Trinajstić information content (AvgIpc) is 2.41. The number of rotatable bonds is 4. The second-order valence-corrected chi connectivity index (χ2v) is 5.35. The summed E-state index contributed by atoms with van der Waals surface area (Å²) in [6.07, 6.45) is 2.48. The molecule has 1 atom stereocenters. The molecule has 19 heavy (non-hydrogen) atoms. The molecule has 0 bridgehead atoms. The summed E-state index contributed by atoms with van der Waals surface area (Å²) >= 11 is 12.5. The van der Waals surface area contributed by atoms with Crippen LogP contribution in [0.15, 0.2) is 36.5 Å². The first-order chi connectivity index (χ1) is 9.10. The summed E-state index contributed by atoms with van der Waals surface area (Å²) in [5.74, 6) is 0.747. The van der Waals surface area contributed by atoms with Crippen molar-refractivity contribution < 1.29 is 4.74 Å². The first-order valence-corrected chi connectivity index (χ1v) is 6.80. The van der Waals surface area contributed by atoms with Gasteiger partial charge in [-0.1, -0.05) is 17.7 Å². The Kier molecular flexibility index (Phi) is 4.67. The predicted molar refractivity (Wildman–Crippen MR) is 79.3 cm³/mol.